The van der Waals surface area contributed by atoms with Gasteiger partial charge in [-0.3, -0.25) is 0 Å². The average molecular weight is 155 g/mol. The molecular formula is C6H9N3O2. The van der Waals surface area contributed by atoms with Crippen molar-refractivity contribution in [2.24, 2.45) is 5.11 Å². The predicted molar refractivity (Wildman–Crippen MR) is 40.0 cm³/mol. The van der Waals surface area contributed by atoms with Gasteiger partial charge in [-0.25, -0.2) is 4.79 Å². The van der Waals surface area contributed by atoms with Gasteiger partial charge < -0.3 is 5.11 Å². The van der Waals surface area contributed by atoms with E-state index in [1.54, 1.807) is 0 Å². The molecule has 5 heteroatoms. The first kappa shape index (κ1) is 9.52. The molecule has 0 unspecified atom stereocenters. The monoisotopic (exact) mass is 155 g/mol. The lowest BCUT2D eigenvalue weighted by Gasteiger charge is -1.93. The summed E-state index contributed by atoms with van der Waals surface area (Å²) in [6, 6.07) is 0. The number of nitrogens with zero attached hydrogens (tertiary/aromatic N) is 3. The molecule has 0 saturated carbocycles. The van der Waals surface area contributed by atoms with Gasteiger partial charge in [-0.15, -0.1) is 0 Å². The average Bonchev–Trinajstić information content (AvgIpc) is 1.97. The fraction of sp³-hybridized carbons (Fsp3) is 0.500. The van der Waals surface area contributed by atoms with E-state index in [1.165, 1.54) is 6.08 Å². The van der Waals surface area contributed by atoms with E-state index in [0.717, 1.165) is 0 Å². The highest BCUT2D eigenvalue weighted by Gasteiger charge is 2.03. The summed E-state index contributed by atoms with van der Waals surface area (Å²) in [5.41, 5.74) is 8.05. The predicted octanol–water partition coefficient (Wildman–Crippen LogP) is 1.72. The van der Waals surface area contributed by atoms with Gasteiger partial charge in [0.25, 0.3) is 0 Å². The number of aliphatic carboxylic acids is 1. The van der Waals surface area contributed by atoms with Crippen LogP contribution >= 0.6 is 0 Å². The minimum Gasteiger partial charge on any atom is -0.478 e. The Balaban J connectivity index is 4.22. The minimum atomic E-state index is -1.03. The van der Waals surface area contributed by atoms with Crippen molar-refractivity contribution in [1.82, 2.24) is 0 Å². The Morgan fingerprint density at radius 2 is 2.45 bits per heavy atom. The Bertz CT molecular complexity index is 216. The Hall–Kier alpha value is -1.48. The van der Waals surface area contributed by atoms with E-state index in [9.17, 15) is 4.79 Å². The Morgan fingerprint density at radius 3 is 2.82 bits per heavy atom. The van der Waals surface area contributed by atoms with Crippen molar-refractivity contribution >= 4 is 5.97 Å². The number of carboxylic acids is 1. The number of carbonyl (C=O) groups is 1. The molecule has 0 aromatic heterocycles. The Kier molecular flexibility index (Phi) is 4.60. The molecule has 0 aromatic carbocycles. The number of rotatable bonds is 4. The second kappa shape index (κ2) is 5.32. The topological polar surface area (TPSA) is 86.1 Å². The first-order valence-corrected chi connectivity index (χ1v) is 3.15. The third kappa shape index (κ3) is 4.00. The van der Waals surface area contributed by atoms with Crippen LogP contribution in [-0.2, 0) is 4.79 Å². The molecule has 0 aliphatic carbocycles. The van der Waals surface area contributed by atoms with E-state index in [4.69, 9.17) is 10.6 Å². The highest BCUT2D eigenvalue weighted by Crippen LogP contribution is 1.97. The molecule has 5 nitrogen and oxygen atoms in total. The fourth-order valence-electron chi connectivity index (χ4n) is 0.574. The fourth-order valence-corrected chi connectivity index (χ4v) is 0.574. The Morgan fingerprint density at radius 1 is 1.82 bits per heavy atom. The third-order valence-corrected chi connectivity index (χ3v) is 1.03. The maximum atomic E-state index is 10.3. The zero-order valence-electron chi connectivity index (χ0n) is 6.19. The molecular weight excluding hydrogens is 146 g/mol. The van der Waals surface area contributed by atoms with Crippen molar-refractivity contribution in [2.75, 3.05) is 6.54 Å². The highest BCUT2D eigenvalue weighted by atomic mass is 16.4. The van der Waals surface area contributed by atoms with Crippen LogP contribution in [0, 0.1) is 0 Å². The van der Waals surface area contributed by atoms with Crippen LogP contribution in [-0.4, -0.2) is 17.6 Å². The normalized spacial score (nSPS) is 10.5. The summed E-state index contributed by atoms with van der Waals surface area (Å²) >= 11 is 0. The molecule has 0 fully saturated rings. The lowest BCUT2D eigenvalue weighted by Crippen LogP contribution is -2.02. The molecule has 0 aliphatic rings. The summed E-state index contributed by atoms with van der Waals surface area (Å²) < 4.78 is 0. The van der Waals surface area contributed by atoms with Crippen LogP contribution < -0.4 is 0 Å². The van der Waals surface area contributed by atoms with E-state index >= 15 is 0 Å². The number of azide groups is 1. The van der Waals surface area contributed by atoms with Crippen molar-refractivity contribution < 1.29 is 9.90 Å². The lowest BCUT2D eigenvalue weighted by atomic mass is 10.2. The molecule has 0 heterocycles. The van der Waals surface area contributed by atoms with Gasteiger partial charge in [0.05, 0.1) is 6.54 Å². The number of allylic oxidation sites excluding steroid dienone is 1. The molecule has 0 aromatic rings. The van der Waals surface area contributed by atoms with Gasteiger partial charge in [0.15, 0.2) is 0 Å². The van der Waals surface area contributed by atoms with Gasteiger partial charge in [0, 0.05) is 10.5 Å². The maximum absolute atomic E-state index is 10.3. The zero-order chi connectivity index (χ0) is 8.69. The van der Waals surface area contributed by atoms with Crippen LogP contribution in [0.25, 0.3) is 10.4 Å². The van der Waals surface area contributed by atoms with Crippen molar-refractivity contribution in [2.45, 2.75) is 13.3 Å². The molecule has 11 heavy (non-hydrogen) atoms. The van der Waals surface area contributed by atoms with Crippen LogP contribution in [0.5, 0.6) is 0 Å². The van der Waals surface area contributed by atoms with Crippen LogP contribution in [0.1, 0.15) is 13.3 Å². The van der Waals surface area contributed by atoms with Gasteiger partial charge in [-0.1, -0.05) is 18.1 Å². The van der Waals surface area contributed by atoms with Crippen molar-refractivity contribution in [1.29, 1.82) is 0 Å². The smallest absolute Gasteiger partial charge is 0.331 e. The van der Waals surface area contributed by atoms with Crippen molar-refractivity contribution in [3.63, 3.8) is 0 Å². The lowest BCUT2D eigenvalue weighted by molar-refractivity contribution is -0.132. The molecule has 0 rings (SSSR count). The van der Waals surface area contributed by atoms with Gasteiger partial charge in [-0.2, -0.15) is 0 Å². The summed E-state index contributed by atoms with van der Waals surface area (Å²) in [7, 11) is 0. The minimum absolute atomic E-state index is 0.0837. The summed E-state index contributed by atoms with van der Waals surface area (Å²) in [6.07, 6.45) is 2.15. The summed E-state index contributed by atoms with van der Waals surface area (Å²) in [6.45, 7) is 1.73. The maximum Gasteiger partial charge on any atom is 0.331 e. The van der Waals surface area contributed by atoms with Gasteiger partial charge >= 0.3 is 5.97 Å². The molecule has 0 aliphatic heterocycles. The van der Waals surface area contributed by atoms with E-state index < -0.39 is 5.97 Å². The number of hydrogen-bond donors (Lipinski definition) is 1. The van der Waals surface area contributed by atoms with E-state index in [1.807, 2.05) is 6.92 Å². The number of hydrogen-bond acceptors (Lipinski definition) is 2. The molecule has 1 N–H and O–H groups in total. The number of carboxylic acid groups (broad SMARTS) is 1. The van der Waals surface area contributed by atoms with Crippen molar-refractivity contribution in [3.05, 3.63) is 22.1 Å². The van der Waals surface area contributed by atoms with Crippen molar-refractivity contribution in [3.8, 4) is 0 Å². The van der Waals surface area contributed by atoms with Gasteiger partial charge in [0.2, 0.25) is 0 Å². The van der Waals surface area contributed by atoms with Crippen LogP contribution in [0.2, 0.25) is 0 Å². The Labute approximate surface area is 64.0 Å². The summed E-state index contributed by atoms with van der Waals surface area (Å²) in [5, 5.41) is 11.6. The standard InChI is InChI=1S/C6H9N3O2/c1-2-3-5(6(10)11)4-8-9-7/h3H,2,4H2,1H3,(H,10,11). The SMILES string of the molecule is CCC=C(CN=[N+]=[N-])C(=O)O. The van der Waals surface area contributed by atoms with Crippen LogP contribution in [0.3, 0.4) is 0 Å². The molecule has 0 radical (unpaired) electrons. The van der Waals surface area contributed by atoms with Crippen LogP contribution in [0.15, 0.2) is 16.8 Å². The molecule has 60 valence electrons. The molecule has 0 spiro atoms. The second-order valence-corrected chi connectivity index (χ2v) is 1.83. The van der Waals surface area contributed by atoms with Gasteiger partial charge in [0.1, 0.15) is 0 Å². The highest BCUT2D eigenvalue weighted by molar-refractivity contribution is 5.86. The van der Waals surface area contributed by atoms with Gasteiger partial charge in [-0.05, 0) is 12.0 Å². The second-order valence-electron chi connectivity index (χ2n) is 1.83. The zero-order valence-corrected chi connectivity index (χ0v) is 6.19. The third-order valence-electron chi connectivity index (χ3n) is 1.03. The molecule has 0 atom stereocenters. The summed E-state index contributed by atoms with van der Waals surface area (Å²) in [4.78, 5) is 12.8. The quantitative estimate of drug-likeness (QED) is 0.290. The van der Waals surface area contributed by atoms with Crippen LogP contribution in [0.4, 0.5) is 0 Å². The van der Waals surface area contributed by atoms with E-state index in [-0.39, 0.29) is 12.1 Å². The largest absolute Gasteiger partial charge is 0.478 e. The van der Waals surface area contributed by atoms with E-state index in [0.29, 0.717) is 6.42 Å². The first-order valence-electron chi connectivity index (χ1n) is 3.15. The molecule has 0 bridgehead atoms. The molecule has 0 saturated heterocycles. The first-order chi connectivity index (χ1) is 5.22. The van der Waals surface area contributed by atoms with E-state index in [2.05, 4.69) is 10.0 Å². The molecule has 0 amide bonds. The summed E-state index contributed by atoms with van der Waals surface area (Å²) in [5.74, 6) is -1.03.